The number of carbonyl (C=O) groups excluding carboxylic acids is 1. The average molecular weight is 490 g/mol. The van der Waals surface area contributed by atoms with Crippen LogP contribution in [-0.4, -0.2) is 63.4 Å². The lowest BCUT2D eigenvalue weighted by Crippen LogP contribution is -2.46. The van der Waals surface area contributed by atoms with Gasteiger partial charge < -0.3 is 29.3 Å². The van der Waals surface area contributed by atoms with E-state index in [4.69, 9.17) is 14.2 Å². The van der Waals surface area contributed by atoms with Gasteiger partial charge in [-0.05, 0) is 68.1 Å². The van der Waals surface area contributed by atoms with Crippen molar-refractivity contribution >= 4 is 17.3 Å². The number of piperazine rings is 1. The maximum Gasteiger partial charge on any atom is 0.255 e. The molecule has 0 saturated carbocycles. The lowest BCUT2D eigenvalue weighted by molar-refractivity contribution is 0.102. The van der Waals surface area contributed by atoms with Crippen molar-refractivity contribution in [1.82, 2.24) is 4.90 Å². The van der Waals surface area contributed by atoms with E-state index in [1.807, 2.05) is 49.4 Å². The van der Waals surface area contributed by atoms with E-state index in [1.165, 1.54) is 5.69 Å². The summed E-state index contributed by atoms with van der Waals surface area (Å²) in [5.41, 5.74) is 2.44. The largest absolute Gasteiger partial charge is 0.490 e. The Morgan fingerprint density at radius 2 is 1.53 bits per heavy atom. The second kappa shape index (κ2) is 12.8. The molecule has 1 saturated heterocycles. The molecule has 0 atom stereocenters. The number of nitrogens with zero attached hydrogens (tertiary/aromatic N) is 2. The summed E-state index contributed by atoms with van der Waals surface area (Å²) in [5, 5.41) is 2.98. The number of rotatable bonds is 11. The Morgan fingerprint density at radius 1 is 0.806 bits per heavy atom. The first kappa shape index (κ1) is 25.4. The number of para-hydroxylation sites is 1. The Balaban J connectivity index is 1.32. The highest BCUT2D eigenvalue weighted by molar-refractivity contribution is 6.04. The minimum absolute atomic E-state index is 0.195. The van der Waals surface area contributed by atoms with Crippen molar-refractivity contribution in [2.75, 3.05) is 62.8 Å². The fraction of sp³-hybridized carbons (Fsp3) is 0.345. The monoisotopic (exact) mass is 489 g/mol. The van der Waals surface area contributed by atoms with E-state index in [0.29, 0.717) is 36.9 Å². The highest BCUT2D eigenvalue weighted by atomic mass is 16.5. The molecule has 0 aliphatic carbocycles. The number of anilines is 2. The summed E-state index contributed by atoms with van der Waals surface area (Å²) in [6, 6.07) is 22.9. The van der Waals surface area contributed by atoms with Crippen molar-refractivity contribution in [1.29, 1.82) is 0 Å². The summed E-state index contributed by atoms with van der Waals surface area (Å²) < 4.78 is 17.3. The van der Waals surface area contributed by atoms with Gasteiger partial charge >= 0.3 is 0 Å². The van der Waals surface area contributed by atoms with Gasteiger partial charge in [0, 0.05) is 43.1 Å². The third-order valence-electron chi connectivity index (χ3n) is 6.17. The fourth-order valence-corrected chi connectivity index (χ4v) is 4.15. The topological polar surface area (TPSA) is 63.3 Å². The van der Waals surface area contributed by atoms with Gasteiger partial charge in [-0.15, -0.1) is 0 Å². The van der Waals surface area contributed by atoms with Crippen LogP contribution in [0.3, 0.4) is 0 Å². The van der Waals surface area contributed by atoms with Crippen LogP contribution in [0, 0.1) is 0 Å². The third kappa shape index (κ3) is 6.92. The average Bonchev–Trinajstić information content (AvgIpc) is 2.93. The predicted octanol–water partition coefficient (Wildman–Crippen LogP) is 4.94. The number of ether oxygens (including phenoxy) is 3. The van der Waals surface area contributed by atoms with Crippen LogP contribution in [-0.2, 0) is 0 Å². The Hall–Kier alpha value is -3.71. The van der Waals surface area contributed by atoms with E-state index in [-0.39, 0.29) is 5.91 Å². The molecule has 0 unspecified atom stereocenters. The molecule has 0 bridgehead atoms. The molecule has 3 aromatic carbocycles. The number of benzene rings is 3. The molecule has 1 amide bonds. The van der Waals surface area contributed by atoms with E-state index < -0.39 is 0 Å². The van der Waals surface area contributed by atoms with Crippen LogP contribution < -0.4 is 24.4 Å². The molecule has 1 fully saturated rings. The molecule has 7 nitrogen and oxygen atoms in total. The Morgan fingerprint density at radius 3 is 2.22 bits per heavy atom. The maximum absolute atomic E-state index is 12.9. The van der Waals surface area contributed by atoms with Crippen molar-refractivity contribution in [2.45, 2.75) is 13.8 Å². The SMILES string of the molecule is CCOc1cc(C(=O)Nc2ccc(N3CCN(CC)CC3)cc2)ccc1OCCOc1ccccc1. The minimum Gasteiger partial charge on any atom is -0.490 e. The molecule has 0 aromatic heterocycles. The Labute approximate surface area is 213 Å². The minimum atomic E-state index is -0.195. The molecular weight excluding hydrogens is 454 g/mol. The smallest absolute Gasteiger partial charge is 0.255 e. The zero-order valence-electron chi connectivity index (χ0n) is 21.1. The summed E-state index contributed by atoms with van der Waals surface area (Å²) in [6.07, 6.45) is 0. The first-order valence-corrected chi connectivity index (χ1v) is 12.6. The molecule has 4 rings (SSSR count). The second-order valence-electron chi connectivity index (χ2n) is 8.53. The Kier molecular flexibility index (Phi) is 9.05. The molecule has 190 valence electrons. The van der Waals surface area contributed by atoms with Crippen LogP contribution in [0.15, 0.2) is 72.8 Å². The van der Waals surface area contributed by atoms with Crippen LogP contribution in [0.2, 0.25) is 0 Å². The van der Waals surface area contributed by atoms with Crippen LogP contribution >= 0.6 is 0 Å². The van der Waals surface area contributed by atoms with Crippen molar-refractivity contribution in [3.8, 4) is 17.2 Å². The highest BCUT2D eigenvalue weighted by Gasteiger charge is 2.16. The summed E-state index contributed by atoms with van der Waals surface area (Å²) in [4.78, 5) is 17.8. The van der Waals surface area contributed by atoms with Gasteiger partial charge in [-0.1, -0.05) is 25.1 Å². The molecule has 1 aliphatic rings. The number of hydrogen-bond acceptors (Lipinski definition) is 6. The Bertz CT molecular complexity index is 1100. The second-order valence-corrected chi connectivity index (χ2v) is 8.53. The molecule has 7 heteroatoms. The first-order chi connectivity index (χ1) is 17.7. The van der Waals surface area contributed by atoms with Crippen molar-refractivity contribution in [2.24, 2.45) is 0 Å². The van der Waals surface area contributed by atoms with Gasteiger partial charge in [0.1, 0.15) is 19.0 Å². The molecule has 0 spiro atoms. The van der Waals surface area contributed by atoms with Gasteiger partial charge in [0.2, 0.25) is 0 Å². The van der Waals surface area contributed by atoms with E-state index in [0.717, 1.165) is 44.2 Å². The summed E-state index contributed by atoms with van der Waals surface area (Å²) in [5.74, 6) is 1.72. The molecular formula is C29H35N3O4. The number of nitrogens with one attached hydrogen (secondary N) is 1. The van der Waals surface area contributed by atoms with Gasteiger partial charge in [-0.3, -0.25) is 4.79 Å². The van der Waals surface area contributed by atoms with E-state index >= 15 is 0 Å². The van der Waals surface area contributed by atoms with E-state index in [1.54, 1.807) is 18.2 Å². The molecule has 1 N–H and O–H groups in total. The fourth-order valence-electron chi connectivity index (χ4n) is 4.15. The van der Waals surface area contributed by atoms with Gasteiger partial charge in [-0.25, -0.2) is 0 Å². The van der Waals surface area contributed by atoms with Crippen LogP contribution in [0.5, 0.6) is 17.2 Å². The van der Waals surface area contributed by atoms with Crippen molar-refractivity contribution in [3.63, 3.8) is 0 Å². The molecule has 1 aliphatic heterocycles. The zero-order chi connectivity index (χ0) is 25.2. The normalized spacial score (nSPS) is 13.8. The molecule has 1 heterocycles. The van der Waals surface area contributed by atoms with Crippen molar-refractivity contribution in [3.05, 3.63) is 78.4 Å². The van der Waals surface area contributed by atoms with Crippen LogP contribution in [0.1, 0.15) is 24.2 Å². The van der Waals surface area contributed by atoms with Gasteiger partial charge in [0.15, 0.2) is 11.5 Å². The van der Waals surface area contributed by atoms with E-state index in [9.17, 15) is 4.79 Å². The lowest BCUT2D eigenvalue weighted by Gasteiger charge is -2.35. The number of hydrogen-bond donors (Lipinski definition) is 1. The molecule has 0 radical (unpaired) electrons. The standard InChI is InChI=1S/C29H35N3O4/c1-3-31-16-18-32(19-17-31)25-13-11-24(12-14-25)30-29(33)23-10-15-27(28(22-23)34-4-2)36-21-20-35-26-8-6-5-7-9-26/h5-15,22H,3-4,16-21H2,1-2H3,(H,30,33). The number of amides is 1. The van der Waals surface area contributed by atoms with Crippen LogP contribution in [0.25, 0.3) is 0 Å². The van der Waals surface area contributed by atoms with Crippen LogP contribution in [0.4, 0.5) is 11.4 Å². The van der Waals surface area contributed by atoms with Gasteiger partial charge in [-0.2, -0.15) is 0 Å². The zero-order valence-corrected chi connectivity index (χ0v) is 21.1. The third-order valence-corrected chi connectivity index (χ3v) is 6.17. The quantitative estimate of drug-likeness (QED) is 0.385. The summed E-state index contributed by atoms with van der Waals surface area (Å²) >= 11 is 0. The van der Waals surface area contributed by atoms with E-state index in [2.05, 4.69) is 34.2 Å². The van der Waals surface area contributed by atoms with Gasteiger partial charge in [0.25, 0.3) is 5.91 Å². The highest BCUT2D eigenvalue weighted by Crippen LogP contribution is 2.29. The molecule has 36 heavy (non-hydrogen) atoms. The number of likely N-dealkylation sites (N-methyl/N-ethyl adjacent to an activating group) is 1. The number of carbonyl (C=O) groups is 1. The maximum atomic E-state index is 12.9. The predicted molar refractivity (Wildman–Crippen MR) is 144 cm³/mol. The first-order valence-electron chi connectivity index (χ1n) is 12.6. The van der Waals surface area contributed by atoms with Crippen molar-refractivity contribution < 1.29 is 19.0 Å². The summed E-state index contributed by atoms with van der Waals surface area (Å²) in [6.45, 7) is 10.6. The van der Waals surface area contributed by atoms with Gasteiger partial charge in [0.05, 0.1) is 6.61 Å². The lowest BCUT2D eigenvalue weighted by atomic mass is 10.1. The summed E-state index contributed by atoms with van der Waals surface area (Å²) in [7, 11) is 0. The molecule has 3 aromatic rings.